The van der Waals surface area contributed by atoms with E-state index >= 15 is 0 Å². The summed E-state index contributed by atoms with van der Waals surface area (Å²) < 4.78 is 28.1. The molecule has 138 valence electrons. The lowest BCUT2D eigenvalue weighted by atomic mass is 10.2. The molecule has 0 unspecified atom stereocenters. The summed E-state index contributed by atoms with van der Waals surface area (Å²) in [5, 5.41) is 12.3. The number of pyridine rings is 1. The number of rotatable bonds is 5. The Kier molecular flexibility index (Phi) is 5.24. The average molecular weight is 376 g/mol. The number of nitrogens with zero attached hydrogens (tertiary/aromatic N) is 2. The molecule has 0 aliphatic carbocycles. The van der Waals surface area contributed by atoms with E-state index in [1.54, 1.807) is 35.9 Å². The number of hydrogen-bond donors (Lipinski definition) is 2. The summed E-state index contributed by atoms with van der Waals surface area (Å²) in [5.41, 5.74) is 0.517. The van der Waals surface area contributed by atoms with E-state index in [4.69, 9.17) is 0 Å². The number of aromatic hydroxyl groups is 1. The van der Waals surface area contributed by atoms with Gasteiger partial charge in [-0.2, -0.15) is 8.87 Å². The number of amides is 1. The molecule has 1 aromatic carbocycles. The zero-order chi connectivity index (χ0) is 18.7. The number of anilines is 1. The molecule has 1 fully saturated rings. The first-order valence-electron chi connectivity index (χ1n) is 8.49. The first-order chi connectivity index (χ1) is 12.4. The standard InChI is InChI=1S/C18H21N3O4S/c1-14(20-10-4-5-16(22)13-20)18(23)19-15-6-8-17(9-7-15)26(24,25)21-11-2-3-12-21/h4-10,13-14H,2-3,11-12H2,1H3,(H-,19,22,23)/p+1/t14-/m1/s1. The van der Waals surface area contributed by atoms with E-state index in [2.05, 4.69) is 5.32 Å². The highest BCUT2D eigenvalue weighted by molar-refractivity contribution is 7.89. The van der Waals surface area contributed by atoms with Crippen molar-refractivity contribution in [1.82, 2.24) is 4.31 Å². The van der Waals surface area contributed by atoms with Gasteiger partial charge in [-0.05, 0) is 43.2 Å². The monoisotopic (exact) mass is 376 g/mol. The molecule has 0 saturated carbocycles. The Bertz CT molecular complexity index is 891. The fourth-order valence-corrected chi connectivity index (χ4v) is 4.41. The molecule has 2 heterocycles. The Morgan fingerprint density at radius 2 is 1.85 bits per heavy atom. The largest absolute Gasteiger partial charge is 0.503 e. The van der Waals surface area contributed by atoms with Crippen LogP contribution < -0.4 is 9.88 Å². The van der Waals surface area contributed by atoms with Crippen molar-refractivity contribution in [2.24, 2.45) is 0 Å². The molecule has 0 radical (unpaired) electrons. The zero-order valence-corrected chi connectivity index (χ0v) is 15.3. The Labute approximate surface area is 152 Å². The summed E-state index contributed by atoms with van der Waals surface area (Å²) in [6.45, 7) is 2.82. The van der Waals surface area contributed by atoms with Gasteiger partial charge in [-0.3, -0.25) is 4.79 Å². The van der Waals surface area contributed by atoms with Crippen molar-refractivity contribution < 1.29 is 22.9 Å². The predicted octanol–water partition coefficient (Wildman–Crippen LogP) is 1.66. The Balaban J connectivity index is 1.70. The minimum absolute atomic E-state index is 0.0728. The van der Waals surface area contributed by atoms with Crippen LogP contribution in [0.2, 0.25) is 0 Å². The van der Waals surface area contributed by atoms with E-state index in [0.29, 0.717) is 18.8 Å². The fourth-order valence-electron chi connectivity index (χ4n) is 2.89. The van der Waals surface area contributed by atoms with Gasteiger partial charge in [-0.25, -0.2) is 8.42 Å². The predicted molar refractivity (Wildman–Crippen MR) is 96.1 cm³/mol. The molecule has 2 aromatic rings. The summed E-state index contributed by atoms with van der Waals surface area (Å²) in [5.74, 6) is -0.195. The van der Waals surface area contributed by atoms with Crippen LogP contribution in [0, 0.1) is 0 Å². The van der Waals surface area contributed by atoms with Gasteiger partial charge in [0.15, 0.2) is 11.9 Å². The Hall–Kier alpha value is -2.45. The molecule has 1 atom stereocenters. The first kappa shape index (κ1) is 18.3. The maximum Gasteiger partial charge on any atom is 0.293 e. The second-order valence-corrected chi connectivity index (χ2v) is 8.25. The third-order valence-electron chi connectivity index (χ3n) is 4.46. The van der Waals surface area contributed by atoms with Crippen LogP contribution >= 0.6 is 0 Å². The maximum atomic E-state index is 12.5. The third-order valence-corrected chi connectivity index (χ3v) is 6.37. The molecular formula is C18H22N3O4S+. The lowest BCUT2D eigenvalue weighted by Gasteiger charge is -2.15. The van der Waals surface area contributed by atoms with Crippen LogP contribution in [-0.2, 0) is 14.8 Å². The molecule has 7 nitrogen and oxygen atoms in total. The molecule has 1 aromatic heterocycles. The summed E-state index contributed by atoms with van der Waals surface area (Å²) in [6.07, 6.45) is 4.93. The number of sulfonamides is 1. The highest BCUT2D eigenvalue weighted by Crippen LogP contribution is 2.22. The first-order valence-corrected chi connectivity index (χ1v) is 9.93. The summed E-state index contributed by atoms with van der Waals surface area (Å²) in [6, 6.07) is 8.83. The number of carbonyl (C=O) groups excluding carboxylic acids is 1. The highest BCUT2D eigenvalue weighted by atomic mass is 32.2. The molecule has 0 spiro atoms. The van der Waals surface area contributed by atoms with Crippen LogP contribution in [0.5, 0.6) is 5.75 Å². The molecule has 1 saturated heterocycles. The summed E-state index contributed by atoms with van der Waals surface area (Å²) in [7, 11) is -3.46. The van der Waals surface area contributed by atoms with Gasteiger partial charge in [0, 0.05) is 31.8 Å². The fraction of sp³-hybridized carbons (Fsp3) is 0.333. The molecule has 1 aliphatic heterocycles. The molecule has 26 heavy (non-hydrogen) atoms. The molecule has 8 heteroatoms. The smallest absolute Gasteiger partial charge is 0.293 e. The van der Waals surface area contributed by atoms with Gasteiger partial charge in [0.05, 0.1) is 4.90 Å². The number of nitrogens with one attached hydrogen (secondary N) is 1. The van der Waals surface area contributed by atoms with E-state index in [1.165, 1.54) is 28.7 Å². The van der Waals surface area contributed by atoms with Crippen LogP contribution in [0.3, 0.4) is 0 Å². The topological polar surface area (TPSA) is 90.6 Å². The van der Waals surface area contributed by atoms with Crippen LogP contribution in [0.4, 0.5) is 5.69 Å². The molecule has 3 rings (SSSR count). The lowest BCUT2D eigenvalue weighted by Crippen LogP contribution is -2.43. The number of aromatic nitrogens is 1. The van der Waals surface area contributed by atoms with Crippen LogP contribution in [0.15, 0.2) is 53.7 Å². The normalized spacial score (nSPS) is 16.3. The van der Waals surface area contributed by atoms with Gasteiger partial charge in [-0.1, -0.05) is 0 Å². The minimum atomic E-state index is -3.46. The summed E-state index contributed by atoms with van der Waals surface area (Å²) >= 11 is 0. The molecule has 2 N–H and O–H groups in total. The van der Waals surface area contributed by atoms with Gasteiger partial charge in [0.25, 0.3) is 5.91 Å². The van der Waals surface area contributed by atoms with Crippen molar-refractivity contribution in [3.63, 3.8) is 0 Å². The van der Waals surface area contributed by atoms with Crippen LogP contribution in [0.25, 0.3) is 0 Å². The quantitative estimate of drug-likeness (QED) is 0.777. The van der Waals surface area contributed by atoms with Gasteiger partial charge in [-0.15, -0.1) is 0 Å². The Morgan fingerprint density at radius 3 is 2.46 bits per heavy atom. The van der Waals surface area contributed by atoms with E-state index in [-0.39, 0.29) is 16.6 Å². The van der Waals surface area contributed by atoms with Crippen molar-refractivity contribution in [2.75, 3.05) is 18.4 Å². The lowest BCUT2D eigenvalue weighted by molar-refractivity contribution is -0.705. The number of hydrogen-bond acceptors (Lipinski definition) is 4. The summed E-state index contributed by atoms with van der Waals surface area (Å²) in [4.78, 5) is 12.6. The number of benzene rings is 1. The Morgan fingerprint density at radius 1 is 1.19 bits per heavy atom. The molecule has 1 amide bonds. The van der Waals surface area contributed by atoms with Gasteiger partial charge < -0.3 is 10.4 Å². The van der Waals surface area contributed by atoms with Crippen LogP contribution in [-0.4, -0.2) is 36.8 Å². The van der Waals surface area contributed by atoms with Gasteiger partial charge >= 0.3 is 0 Å². The van der Waals surface area contributed by atoms with E-state index in [0.717, 1.165) is 12.8 Å². The van der Waals surface area contributed by atoms with Crippen LogP contribution in [0.1, 0.15) is 25.8 Å². The van der Waals surface area contributed by atoms with E-state index < -0.39 is 16.1 Å². The van der Waals surface area contributed by atoms with E-state index in [1.807, 2.05) is 0 Å². The molecule has 0 bridgehead atoms. The maximum absolute atomic E-state index is 12.5. The molecule has 1 aliphatic rings. The number of carbonyl (C=O) groups is 1. The van der Waals surface area contributed by atoms with Gasteiger partial charge in [0.1, 0.15) is 0 Å². The molecular weight excluding hydrogens is 354 g/mol. The van der Waals surface area contributed by atoms with Crippen molar-refractivity contribution in [3.05, 3.63) is 48.8 Å². The van der Waals surface area contributed by atoms with Gasteiger partial charge in [0.2, 0.25) is 22.3 Å². The highest BCUT2D eigenvalue weighted by Gasteiger charge is 2.27. The second-order valence-electron chi connectivity index (χ2n) is 6.31. The third kappa shape index (κ3) is 3.86. The van der Waals surface area contributed by atoms with Crippen molar-refractivity contribution in [1.29, 1.82) is 0 Å². The van der Waals surface area contributed by atoms with Crippen molar-refractivity contribution in [2.45, 2.75) is 30.7 Å². The van der Waals surface area contributed by atoms with Crippen molar-refractivity contribution in [3.8, 4) is 5.75 Å². The zero-order valence-electron chi connectivity index (χ0n) is 14.5. The average Bonchev–Trinajstić information content (AvgIpc) is 3.17. The van der Waals surface area contributed by atoms with Crippen molar-refractivity contribution >= 4 is 21.6 Å². The SMILES string of the molecule is C[C@H](C(=O)Nc1ccc(S(=O)(=O)N2CCCC2)cc1)[n+]1cccc(O)c1. The van der Waals surface area contributed by atoms with E-state index in [9.17, 15) is 18.3 Å². The second kappa shape index (κ2) is 7.43. The minimum Gasteiger partial charge on any atom is -0.503 e.